The van der Waals surface area contributed by atoms with Crippen molar-refractivity contribution >= 4 is 23.2 Å². The zero-order valence-electron chi connectivity index (χ0n) is 9.96. The Morgan fingerprint density at radius 1 is 1.06 bits per heavy atom. The van der Waals surface area contributed by atoms with Crippen molar-refractivity contribution in [3.05, 3.63) is 35.9 Å². The Kier molecular flexibility index (Phi) is 11.1. The highest BCUT2D eigenvalue weighted by Crippen LogP contribution is 1.98. The largest absolute Gasteiger partial charge is 0.381 e. The van der Waals surface area contributed by atoms with Crippen molar-refractivity contribution in [1.29, 1.82) is 0 Å². The molecule has 0 saturated carbocycles. The molecule has 2 rings (SSSR count). The molecule has 0 bridgehead atoms. The summed E-state index contributed by atoms with van der Waals surface area (Å²) >= 11 is 10.1. The van der Waals surface area contributed by atoms with Crippen LogP contribution in [0.25, 0.3) is 0 Å². The van der Waals surface area contributed by atoms with Gasteiger partial charge in [0.2, 0.25) is 0 Å². The summed E-state index contributed by atoms with van der Waals surface area (Å²) in [6, 6.07) is 10.3. The van der Waals surface area contributed by atoms with E-state index >= 15 is 0 Å². The van der Waals surface area contributed by atoms with Crippen LogP contribution in [-0.2, 0) is 4.74 Å². The second-order valence-corrected chi connectivity index (χ2v) is 5.03. The maximum Gasteiger partial charge on any atom is 0.105 e. The van der Waals surface area contributed by atoms with Crippen LogP contribution in [0.3, 0.4) is 0 Å². The third-order valence-corrected chi connectivity index (χ3v) is 1.77. The number of aryl methyl sites for hydroxylation is 1. The zero-order chi connectivity index (χ0) is 12.2. The van der Waals surface area contributed by atoms with Gasteiger partial charge in [-0.05, 0) is 26.7 Å². The SMILES string of the molecule is C1CCOC1.CC(Cl)Cl.Cc1ccccc1. The van der Waals surface area contributed by atoms with Gasteiger partial charge in [-0.1, -0.05) is 35.9 Å². The van der Waals surface area contributed by atoms with Gasteiger partial charge in [-0.25, -0.2) is 0 Å². The molecular formula is C13H20Cl2O. The summed E-state index contributed by atoms with van der Waals surface area (Å²) in [7, 11) is 0. The minimum Gasteiger partial charge on any atom is -0.381 e. The van der Waals surface area contributed by atoms with Gasteiger partial charge >= 0.3 is 0 Å². The molecule has 0 N–H and O–H groups in total. The minimum atomic E-state index is -0.222. The van der Waals surface area contributed by atoms with Gasteiger partial charge in [0.1, 0.15) is 4.84 Å². The predicted molar refractivity (Wildman–Crippen MR) is 72.4 cm³/mol. The highest BCUT2D eigenvalue weighted by molar-refractivity contribution is 6.43. The van der Waals surface area contributed by atoms with E-state index in [2.05, 4.69) is 19.1 Å². The molecule has 0 spiro atoms. The molecule has 0 atom stereocenters. The van der Waals surface area contributed by atoms with Crippen molar-refractivity contribution in [2.75, 3.05) is 13.2 Å². The molecule has 16 heavy (non-hydrogen) atoms. The number of halogens is 2. The van der Waals surface area contributed by atoms with Crippen LogP contribution in [0.1, 0.15) is 25.3 Å². The van der Waals surface area contributed by atoms with Crippen molar-refractivity contribution in [1.82, 2.24) is 0 Å². The third-order valence-electron chi connectivity index (χ3n) is 1.77. The zero-order valence-corrected chi connectivity index (χ0v) is 11.5. The average Bonchev–Trinajstić information content (AvgIpc) is 2.75. The number of hydrogen-bond donors (Lipinski definition) is 0. The Bertz CT molecular complexity index is 223. The monoisotopic (exact) mass is 262 g/mol. The molecule has 1 nitrogen and oxygen atoms in total. The van der Waals surface area contributed by atoms with Gasteiger partial charge in [0, 0.05) is 13.2 Å². The van der Waals surface area contributed by atoms with Crippen molar-refractivity contribution < 1.29 is 4.74 Å². The van der Waals surface area contributed by atoms with Gasteiger partial charge in [-0.2, -0.15) is 0 Å². The van der Waals surface area contributed by atoms with E-state index in [1.807, 2.05) is 18.2 Å². The van der Waals surface area contributed by atoms with Crippen LogP contribution < -0.4 is 0 Å². The first-order valence-corrected chi connectivity index (χ1v) is 6.37. The Hall–Kier alpha value is -0.240. The highest BCUT2D eigenvalue weighted by Gasteiger charge is 1.94. The average molecular weight is 263 g/mol. The lowest BCUT2D eigenvalue weighted by Crippen LogP contribution is -1.74. The summed E-state index contributed by atoms with van der Waals surface area (Å²) in [5.41, 5.74) is 1.32. The molecule has 1 heterocycles. The fourth-order valence-electron chi connectivity index (χ4n) is 1.04. The third kappa shape index (κ3) is 13.8. The van der Waals surface area contributed by atoms with Crippen LogP contribution in [0.5, 0.6) is 0 Å². The number of ether oxygens (including phenoxy) is 1. The van der Waals surface area contributed by atoms with E-state index in [4.69, 9.17) is 27.9 Å². The molecule has 0 aliphatic carbocycles. The van der Waals surface area contributed by atoms with E-state index in [0.717, 1.165) is 13.2 Å². The first kappa shape index (κ1) is 15.8. The smallest absolute Gasteiger partial charge is 0.105 e. The first-order valence-electron chi connectivity index (χ1n) is 5.50. The van der Waals surface area contributed by atoms with Gasteiger partial charge in [0.05, 0.1) is 0 Å². The van der Waals surface area contributed by atoms with E-state index in [-0.39, 0.29) is 4.84 Å². The Labute approximate surface area is 109 Å². The first-order chi connectivity index (χ1) is 7.63. The molecule has 0 aromatic heterocycles. The van der Waals surface area contributed by atoms with Crippen molar-refractivity contribution in [2.24, 2.45) is 0 Å². The van der Waals surface area contributed by atoms with Gasteiger partial charge in [-0.3, -0.25) is 0 Å². The quantitative estimate of drug-likeness (QED) is 0.621. The van der Waals surface area contributed by atoms with Gasteiger partial charge in [0.15, 0.2) is 0 Å². The van der Waals surface area contributed by atoms with Gasteiger partial charge < -0.3 is 4.74 Å². The van der Waals surface area contributed by atoms with E-state index in [9.17, 15) is 0 Å². The van der Waals surface area contributed by atoms with Crippen LogP contribution in [0.4, 0.5) is 0 Å². The lowest BCUT2D eigenvalue weighted by Gasteiger charge is -1.82. The van der Waals surface area contributed by atoms with E-state index in [1.165, 1.54) is 18.4 Å². The second kappa shape index (κ2) is 11.3. The summed E-state index contributed by atoms with van der Waals surface area (Å²) in [5, 5.41) is 0. The van der Waals surface area contributed by atoms with Crippen LogP contribution in [0.15, 0.2) is 30.3 Å². The second-order valence-electron chi connectivity index (χ2n) is 3.49. The fraction of sp³-hybridized carbons (Fsp3) is 0.538. The Morgan fingerprint density at radius 2 is 1.50 bits per heavy atom. The molecule has 0 unspecified atom stereocenters. The molecule has 1 saturated heterocycles. The lowest BCUT2D eigenvalue weighted by atomic mass is 10.2. The highest BCUT2D eigenvalue weighted by atomic mass is 35.5. The Morgan fingerprint density at radius 3 is 1.69 bits per heavy atom. The summed E-state index contributed by atoms with van der Waals surface area (Å²) in [4.78, 5) is -0.222. The van der Waals surface area contributed by atoms with Crippen LogP contribution in [-0.4, -0.2) is 18.1 Å². The molecule has 1 aromatic rings. The lowest BCUT2D eigenvalue weighted by molar-refractivity contribution is 0.198. The van der Waals surface area contributed by atoms with E-state index in [1.54, 1.807) is 6.92 Å². The predicted octanol–water partition coefficient (Wildman–Crippen LogP) is 4.60. The maximum absolute atomic E-state index is 5.04. The van der Waals surface area contributed by atoms with Crippen LogP contribution >= 0.6 is 23.2 Å². The summed E-state index contributed by atoms with van der Waals surface area (Å²) in [5.74, 6) is 0. The van der Waals surface area contributed by atoms with E-state index < -0.39 is 0 Å². The molecule has 1 aliphatic rings. The number of hydrogen-bond acceptors (Lipinski definition) is 1. The van der Waals surface area contributed by atoms with Gasteiger partial charge in [0.25, 0.3) is 0 Å². The summed E-state index contributed by atoms with van der Waals surface area (Å²) in [6.45, 7) is 5.78. The van der Waals surface area contributed by atoms with Crippen LogP contribution in [0.2, 0.25) is 0 Å². The molecule has 1 aliphatic heterocycles. The molecule has 3 heteroatoms. The number of benzene rings is 1. The van der Waals surface area contributed by atoms with Gasteiger partial charge in [-0.15, -0.1) is 23.2 Å². The minimum absolute atomic E-state index is 0.222. The molecule has 1 fully saturated rings. The summed E-state index contributed by atoms with van der Waals surface area (Å²) < 4.78 is 4.94. The molecule has 0 amide bonds. The molecule has 0 radical (unpaired) electrons. The standard InChI is InChI=1S/C7H8.C4H8O.C2H4Cl2/c1-7-5-3-2-4-6-7;1-2-4-5-3-1;1-2(3)4/h2-6H,1H3;1-4H2;2H,1H3. The topological polar surface area (TPSA) is 9.23 Å². The molecule has 92 valence electrons. The normalized spacial score (nSPS) is 13.6. The molecular weight excluding hydrogens is 243 g/mol. The van der Waals surface area contributed by atoms with Crippen molar-refractivity contribution in [3.63, 3.8) is 0 Å². The summed E-state index contributed by atoms with van der Waals surface area (Å²) in [6.07, 6.45) is 2.56. The number of rotatable bonds is 0. The fourth-order valence-corrected chi connectivity index (χ4v) is 1.04. The number of alkyl halides is 2. The molecule has 1 aromatic carbocycles. The van der Waals surface area contributed by atoms with E-state index in [0.29, 0.717) is 0 Å². The van der Waals surface area contributed by atoms with Crippen molar-refractivity contribution in [2.45, 2.75) is 31.5 Å². The van der Waals surface area contributed by atoms with Crippen molar-refractivity contribution in [3.8, 4) is 0 Å². The van der Waals surface area contributed by atoms with Crippen LogP contribution in [0, 0.1) is 6.92 Å². The maximum atomic E-state index is 5.04. The Balaban J connectivity index is 0.000000222.